The van der Waals surface area contributed by atoms with E-state index in [1.54, 1.807) is 19.9 Å². The van der Waals surface area contributed by atoms with Gasteiger partial charge in [-0.3, -0.25) is 9.59 Å². The van der Waals surface area contributed by atoms with Gasteiger partial charge < -0.3 is 14.7 Å². The standard InChI is InChI=1S/C19H27NO4/c1-4-24-19(23)15-9-7-10-16(12-15)20(14(3)21)18(22)17-11-6-5-8-13(17)2/h5-6,8,11,14-16,21H,4,7,9-10,12H2,1-3H3/t14?,15-,16?/m1/s1. The summed E-state index contributed by atoms with van der Waals surface area (Å²) >= 11 is 0. The molecule has 1 aromatic rings. The summed E-state index contributed by atoms with van der Waals surface area (Å²) in [7, 11) is 0. The maximum absolute atomic E-state index is 13.0. The third-order valence-electron chi connectivity index (χ3n) is 4.67. The second kappa shape index (κ2) is 8.29. The van der Waals surface area contributed by atoms with Crippen molar-refractivity contribution in [3.05, 3.63) is 35.4 Å². The largest absolute Gasteiger partial charge is 0.466 e. The maximum atomic E-state index is 13.0. The Hall–Kier alpha value is -1.88. The Morgan fingerprint density at radius 2 is 2.04 bits per heavy atom. The Labute approximate surface area is 143 Å². The molecule has 1 N–H and O–H groups in total. The number of ether oxygens (including phenoxy) is 1. The maximum Gasteiger partial charge on any atom is 0.308 e. The van der Waals surface area contributed by atoms with E-state index in [0.29, 0.717) is 18.6 Å². The van der Waals surface area contributed by atoms with E-state index in [2.05, 4.69) is 0 Å². The molecule has 0 bridgehead atoms. The van der Waals surface area contributed by atoms with Gasteiger partial charge in [0.05, 0.1) is 12.5 Å². The van der Waals surface area contributed by atoms with Gasteiger partial charge in [-0.15, -0.1) is 0 Å². The number of hydrogen-bond acceptors (Lipinski definition) is 4. The fourth-order valence-electron chi connectivity index (χ4n) is 3.48. The third-order valence-corrected chi connectivity index (χ3v) is 4.67. The van der Waals surface area contributed by atoms with Gasteiger partial charge in [-0.1, -0.05) is 24.6 Å². The van der Waals surface area contributed by atoms with E-state index in [4.69, 9.17) is 4.74 Å². The summed E-state index contributed by atoms with van der Waals surface area (Å²) in [5, 5.41) is 10.2. The van der Waals surface area contributed by atoms with E-state index in [-0.39, 0.29) is 23.8 Å². The molecule has 1 saturated carbocycles. The summed E-state index contributed by atoms with van der Waals surface area (Å²) in [5.41, 5.74) is 1.47. The highest BCUT2D eigenvalue weighted by Crippen LogP contribution is 2.30. The number of esters is 1. The Morgan fingerprint density at radius 1 is 1.33 bits per heavy atom. The zero-order chi connectivity index (χ0) is 17.7. The minimum atomic E-state index is -0.900. The smallest absolute Gasteiger partial charge is 0.308 e. The summed E-state index contributed by atoms with van der Waals surface area (Å²) in [4.78, 5) is 26.5. The number of aryl methyl sites for hydroxylation is 1. The van der Waals surface area contributed by atoms with Crippen molar-refractivity contribution in [1.29, 1.82) is 0 Å². The van der Waals surface area contributed by atoms with Gasteiger partial charge in [-0.25, -0.2) is 0 Å². The van der Waals surface area contributed by atoms with Crippen molar-refractivity contribution < 1.29 is 19.4 Å². The summed E-state index contributed by atoms with van der Waals surface area (Å²) < 4.78 is 5.13. The van der Waals surface area contributed by atoms with Gasteiger partial charge in [0, 0.05) is 11.6 Å². The van der Waals surface area contributed by atoms with E-state index in [1.807, 2.05) is 25.1 Å². The molecule has 0 aromatic heterocycles. The van der Waals surface area contributed by atoms with Gasteiger partial charge in [0.2, 0.25) is 0 Å². The SMILES string of the molecule is CCOC(=O)[C@@H]1CCCC(N(C(=O)c2ccccc2C)C(C)O)C1. The van der Waals surface area contributed by atoms with Crippen molar-refractivity contribution in [2.24, 2.45) is 5.92 Å². The molecule has 0 aliphatic heterocycles. The van der Waals surface area contributed by atoms with Crippen molar-refractivity contribution in [3.8, 4) is 0 Å². The highest BCUT2D eigenvalue weighted by atomic mass is 16.5. The lowest BCUT2D eigenvalue weighted by Gasteiger charge is -2.38. The van der Waals surface area contributed by atoms with Crippen molar-refractivity contribution >= 4 is 11.9 Å². The molecule has 2 rings (SSSR count). The van der Waals surface area contributed by atoms with E-state index in [9.17, 15) is 14.7 Å². The summed E-state index contributed by atoms with van der Waals surface area (Å²) in [6, 6.07) is 7.22. The Kier molecular flexibility index (Phi) is 6.37. The number of rotatable bonds is 5. The van der Waals surface area contributed by atoms with Crippen molar-refractivity contribution in [3.63, 3.8) is 0 Å². The van der Waals surface area contributed by atoms with Crippen LogP contribution in [0.5, 0.6) is 0 Å². The second-order valence-electron chi connectivity index (χ2n) is 6.43. The minimum Gasteiger partial charge on any atom is -0.466 e. The lowest BCUT2D eigenvalue weighted by molar-refractivity contribution is -0.150. The van der Waals surface area contributed by atoms with Crippen LogP contribution in [-0.2, 0) is 9.53 Å². The fraction of sp³-hybridized carbons (Fsp3) is 0.579. The number of nitrogens with zero attached hydrogens (tertiary/aromatic N) is 1. The Morgan fingerprint density at radius 3 is 2.67 bits per heavy atom. The van der Waals surface area contributed by atoms with E-state index in [1.165, 1.54) is 4.90 Å². The quantitative estimate of drug-likeness (QED) is 0.664. The topological polar surface area (TPSA) is 66.8 Å². The van der Waals surface area contributed by atoms with E-state index < -0.39 is 6.23 Å². The number of carbonyl (C=O) groups excluding carboxylic acids is 2. The van der Waals surface area contributed by atoms with Crippen LogP contribution in [0.2, 0.25) is 0 Å². The van der Waals surface area contributed by atoms with Crippen LogP contribution in [0.25, 0.3) is 0 Å². The molecule has 1 fully saturated rings. The van der Waals surface area contributed by atoms with Crippen molar-refractivity contribution in [2.75, 3.05) is 6.61 Å². The molecular formula is C19H27NO4. The molecular weight excluding hydrogens is 306 g/mol. The average molecular weight is 333 g/mol. The van der Waals surface area contributed by atoms with Gasteiger partial charge in [0.1, 0.15) is 6.23 Å². The van der Waals surface area contributed by atoms with Crippen LogP contribution < -0.4 is 0 Å². The number of aliphatic hydroxyl groups excluding tert-OH is 1. The first kappa shape index (κ1) is 18.5. The molecule has 1 amide bonds. The molecule has 24 heavy (non-hydrogen) atoms. The van der Waals surface area contributed by atoms with Crippen LogP contribution >= 0.6 is 0 Å². The van der Waals surface area contributed by atoms with Crippen LogP contribution in [0.15, 0.2) is 24.3 Å². The molecule has 0 heterocycles. The molecule has 1 aliphatic carbocycles. The molecule has 5 nitrogen and oxygen atoms in total. The van der Waals surface area contributed by atoms with Crippen LogP contribution in [0, 0.1) is 12.8 Å². The first-order valence-corrected chi connectivity index (χ1v) is 8.68. The zero-order valence-corrected chi connectivity index (χ0v) is 14.7. The van der Waals surface area contributed by atoms with Crippen LogP contribution in [0.3, 0.4) is 0 Å². The number of aliphatic hydroxyl groups is 1. The monoisotopic (exact) mass is 333 g/mol. The highest BCUT2D eigenvalue weighted by molar-refractivity contribution is 5.96. The molecule has 3 atom stereocenters. The molecule has 2 unspecified atom stereocenters. The van der Waals surface area contributed by atoms with Crippen LogP contribution in [-0.4, -0.2) is 40.8 Å². The predicted molar refractivity (Wildman–Crippen MR) is 91.4 cm³/mol. The Balaban J connectivity index is 2.19. The molecule has 0 radical (unpaired) electrons. The van der Waals surface area contributed by atoms with Crippen LogP contribution in [0.4, 0.5) is 0 Å². The lowest BCUT2D eigenvalue weighted by atomic mass is 9.84. The molecule has 0 saturated heterocycles. The van der Waals surface area contributed by atoms with Gasteiger partial charge >= 0.3 is 5.97 Å². The molecule has 132 valence electrons. The predicted octanol–water partition coefficient (Wildman–Crippen LogP) is 2.90. The molecule has 1 aromatic carbocycles. The summed E-state index contributed by atoms with van der Waals surface area (Å²) in [6.07, 6.45) is 2.06. The lowest BCUT2D eigenvalue weighted by Crippen LogP contribution is -2.48. The van der Waals surface area contributed by atoms with Gasteiger partial charge in [0.25, 0.3) is 5.91 Å². The first-order valence-electron chi connectivity index (χ1n) is 8.68. The van der Waals surface area contributed by atoms with Gasteiger partial charge in [-0.05, 0) is 51.7 Å². The molecule has 5 heteroatoms. The highest BCUT2D eigenvalue weighted by Gasteiger charge is 2.35. The van der Waals surface area contributed by atoms with E-state index >= 15 is 0 Å². The zero-order valence-electron chi connectivity index (χ0n) is 14.7. The van der Waals surface area contributed by atoms with Crippen LogP contribution in [0.1, 0.15) is 55.5 Å². The fourth-order valence-corrected chi connectivity index (χ4v) is 3.48. The summed E-state index contributed by atoms with van der Waals surface area (Å²) in [6.45, 7) is 5.64. The normalized spacial score (nSPS) is 21.8. The number of hydrogen-bond donors (Lipinski definition) is 1. The number of carbonyl (C=O) groups is 2. The molecule has 1 aliphatic rings. The average Bonchev–Trinajstić information content (AvgIpc) is 2.55. The Bertz CT molecular complexity index is 584. The van der Waals surface area contributed by atoms with E-state index in [0.717, 1.165) is 24.8 Å². The number of benzene rings is 1. The summed E-state index contributed by atoms with van der Waals surface area (Å²) in [5.74, 6) is -0.580. The first-order chi connectivity index (χ1) is 11.5. The van der Waals surface area contributed by atoms with Gasteiger partial charge in [-0.2, -0.15) is 0 Å². The van der Waals surface area contributed by atoms with Crippen molar-refractivity contribution in [2.45, 2.75) is 58.7 Å². The molecule has 0 spiro atoms. The van der Waals surface area contributed by atoms with Crippen molar-refractivity contribution in [1.82, 2.24) is 4.90 Å². The van der Waals surface area contributed by atoms with Gasteiger partial charge in [0.15, 0.2) is 0 Å². The third kappa shape index (κ3) is 4.15. The second-order valence-corrected chi connectivity index (χ2v) is 6.43. The number of amides is 1. The minimum absolute atomic E-state index is 0.153.